The van der Waals surface area contributed by atoms with E-state index < -0.39 is 38.4 Å². The molecule has 2 aromatic rings. The maximum atomic E-state index is 12.8. The van der Waals surface area contributed by atoms with Crippen LogP contribution >= 0.6 is 23.5 Å². The molecular weight excluding hydrogens is 488 g/mol. The van der Waals surface area contributed by atoms with Crippen molar-refractivity contribution in [2.75, 3.05) is 11.5 Å². The van der Waals surface area contributed by atoms with Crippen molar-refractivity contribution in [3.8, 4) is 0 Å². The summed E-state index contributed by atoms with van der Waals surface area (Å²) >= 11 is 2.68. The Morgan fingerprint density at radius 2 is 2.12 bits per heavy atom. The Bertz CT molecular complexity index is 1240. The maximum Gasteiger partial charge on any atom is 0.352 e. The zero-order chi connectivity index (χ0) is 23.8. The fourth-order valence-corrected chi connectivity index (χ4v) is 6.92. The topological polar surface area (TPSA) is 148 Å². The van der Waals surface area contributed by atoms with E-state index in [1.807, 2.05) is 0 Å². The van der Waals surface area contributed by atoms with E-state index in [9.17, 15) is 23.1 Å². The van der Waals surface area contributed by atoms with Crippen molar-refractivity contribution in [1.82, 2.24) is 25.1 Å². The Labute approximate surface area is 198 Å². The van der Waals surface area contributed by atoms with E-state index in [0.29, 0.717) is 22.2 Å². The molecule has 2 aliphatic heterocycles. The third-order valence-electron chi connectivity index (χ3n) is 5.20. The van der Waals surface area contributed by atoms with Gasteiger partial charge in [0.05, 0.1) is 10.1 Å². The van der Waals surface area contributed by atoms with E-state index in [1.165, 1.54) is 58.4 Å². The summed E-state index contributed by atoms with van der Waals surface area (Å²) in [6.07, 6.45) is 1.26. The lowest BCUT2D eigenvalue weighted by Gasteiger charge is -2.47. The first kappa shape index (κ1) is 23.4. The number of β-lactam (4-membered cyclic amide) rings is 1. The van der Waals surface area contributed by atoms with Gasteiger partial charge in [0.15, 0.2) is 15.9 Å². The van der Waals surface area contributed by atoms with Gasteiger partial charge in [0.1, 0.15) is 11.1 Å². The highest BCUT2D eigenvalue weighted by atomic mass is 32.2. The summed E-state index contributed by atoms with van der Waals surface area (Å²) in [6, 6.07) is 7.19. The second-order valence-corrected chi connectivity index (χ2v) is 11.7. The summed E-state index contributed by atoms with van der Waals surface area (Å²) in [5, 5.41) is 20.0. The Balaban J connectivity index is 1.49. The molecule has 0 aliphatic carbocycles. The van der Waals surface area contributed by atoms with Gasteiger partial charge in [-0.05, 0) is 35.1 Å². The summed E-state index contributed by atoms with van der Waals surface area (Å²) in [4.78, 5) is 30.4. The normalized spacial score (nSPS) is 21.8. The molecule has 33 heavy (non-hydrogen) atoms. The highest BCUT2D eigenvalue weighted by Gasteiger charge is 2.53. The van der Waals surface area contributed by atoms with Gasteiger partial charge in [-0.15, -0.1) is 16.9 Å². The molecule has 1 amide bonds. The van der Waals surface area contributed by atoms with E-state index in [0.717, 1.165) is 0 Å². The van der Waals surface area contributed by atoms with Crippen molar-refractivity contribution >= 4 is 51.5 Å². The molecule has 3 atom stereocenters. The number of carboxylic acid groups (broad SMARTS) is 1. The quantitative estimate of drug-likeness (QED) is 0.309. The van der Waals surface area contributed by atoms with Crippen molar-refractivity contribution in [2.24, 2.45) is 12.0 Å². The minimum atomic E-state index is -3.64. The number of carboxylic acids is 1. The van der Waals surface area contributed by atoms with Gasteiger partial charge in [-0.3, -0.25) is 14.7 Å². The third kappa shape index (κ3) is 4.42. The first-order chi connectivity index (χ1) is 15.7. The van der Waals surface area contributed by atoms with Crippen LogP contribution in [0.3, 0.4) is 0 Å². The van der Waals surface area contributed by atoms with E-state index in [-0.39, 0.29) is 10.6 Å². The number of thioether (sulfide) groups is 2. The average Bonchev–Trinajstić information content (AvgIpc) is 3.22. The highest BCUT2D eigenvalue weighted by Crippen LogP contribution is 2.42. The molecule has 4 rings (SSSR count). The summed E-state index contributed by atoms with van der Waals surface area (Å²) in [5.74, 6) is -0.937. The lowest BCUT2D eigenvalue weighted by Crippen LogP contribution is -2.64. The van der Waals surface area contributed by atoms with Gasteiger partial charge in [-0.1, -0.05) is 30.0 Å². The molecule has 0 bridgehead atoms. The molecule has 1 N–H and O–H groups in total. The van der Waals surface area contributed by atoms with Crippen molar-refractivity contribution in [2.45, 2.75) is 33.6 Å². The van der Waals surface area contributed by atoms with Gasteiger partial charge in [-0.25, -0.2) is 17.9 Å². The minimum absolute atomic E-state index is 0.0530. The van der Waals surface area contributed by atoms with Crippen molar-refractivity contribution in [3.05, 3.63) is 41.6 Å². The minimum Gasteiger partial charge on any atom is -0.477 e. The fourth-order valence-electron chi connectivity index (χ4n) is 3.39. The molecule has 1 saturated heterocycles. The number of tetrazole rings is 1. The third-order valence-corrected chi connectivity index (χ3v) is 9.65. The Kier molecular flexibility index (Phi) is 6.59. The van der Waals surface area contributed by atoms with E-state index in [4.69, 9.17) is 0 Å². The molecule has 2 aliphatic rings. The number of sulfone groups is 1. The predicted molar refractivity (Wildman–Crippen MR) is 123 cm³/mol. The predicted octanol–water partition coefficient (Wildman–Crippen LogP) is 0.858. The van der Waals surface area contributed by atoms with Crippen LogP contribution in [0.2, 0.25) is 0 Å². The van der Waals surface area contributed by atoms with Crippen LogP contribution in [0.1, 0.15) is 6.92 Å². The van der Waals surface area contributed by atoms with E-state index >= 15 is 0 Å². The monoisotopic (exact) mass is 508 g/mol. The number of aryl methyl sites for hydroxylation is 1. The zero-order valence-electron chi connectivity index (χ0n) is 17.6. The van der Waals surface area contributed by atoms with Crippen molar-refractivity contribution in [3.63, 3.8) is 0 Å². The van der Waals surface area contributed by atoms with Crippen LogP contribution in [0.15, 0.2) is 56.6 Å². The molecule has 1 aromatic heterocycles. The summed E-state index contributed by atoms with van der Waals surface area (Å²) in [7, 11) is -1.95. The molecule has 0 radical (unpaired) electrons. The molecule has 0 spiro atoms. The molecule has 14 heteroatoms. The maximum absolute atomic E-state index is 12.8. The Hall–Kier alpha value is -2.71. The fraction of sp³-hybridized carbons (Fsp3) is 0.368. The first-order valence-corrected chi connectivity index (χ1v) is 13.4. The van der Waals surface area contributed by atoms with Crippen LogP contribution in [-0.2, 0) is 26.5 Å². The molecule has 11 nitrogen and oxygen atoms in total. The van der Waals surface area contributed by atoms with Gasteiger partial charge < -0.3 is 5.11 Å². The number of benzene rings is 1. The lowest BCUT2D eigenvalue weighted by molar-refractivity contribution is -0.147. The molecule has 1 fully saturated rings. The van der Waals surface area contributed by atoms with Gasteiger partial charge in [0, 0.05) is 24.8 Å². The number of hydrogen-bond donors (Lipinski definition) is 1. The van der Waals surface area contributed by atoms with Gasteiger partial charge in [0.25, 0.3) is 5.91 Å². The molecule has 1 aromatic carbocycles. The number of carbonyl (C=O) groups is 2. The van der Waals surface area contributed by atoms with Crippen LogP contribution in [0.25, 0.3) is 0 Å². The number of rotatable bonds is 8. The highest BCUT2D eigenvalue weighted by molar-refractivity contribution is 8.01. The summed E-state index contributed by atoms with van der Waals surface area (Å²) in [5.41, 5.74) is 0.537. The van der Waals surface area contributed by atoms with Gasteiger partial charge in [0.2, 0.25) is 5.16 Å². The summed E-state index contributed by atoms with van der Waals surface area (Å²) < 4.78 is 26.9. The largest absolute Gasteiger partial charge is 0.477 e. The van der Waals surface area contributed by atoms with Crippen LogP contribution in [-0.4, -0.2) is 84.9 Å². The van der Waals surface area contributed by atoms with Gasteiger partial charge >= 0.3 is 5.97 Å². The Morgan fingerprint density at radius 3 is 2.76 bits per heavy atom. The molecule has 3 heterocycles. The number of hydrogen-bond acceptors (Lipinski definition) is 10. The molecule has 174 valence electrons. The molecule has 0 saturated carbocycles. The smallest absolute Gasteiger partial charge is 0.352 e. The first-order valence-electron chi connectivity index (χ1n) is 9.79. The van der Waals surface area contributed by atoms with Crippen LogP contribution in [0, 0.1) is 0 Å². The SMILES string of the molecule is CC(C=N[C@@H]1C(=O)N2C(C(=O)O)=C(CSc3nnnn3C)CS[C@@H]12)S(=O)(=O)c1ccccc1. The molecule has 1 unspecified atom stereocenters. The number of aromatic nitrogens is 4. The Morgan fingerprint density at radius 1 is 1.39 bits per heavy atom. The van der Waals surface area contributed by atoms with Gasteiger partial charge in [-0.2, -0.15) is 0 Å². The lowest BCUT2D eigenvalue weighted by atomic mass is 10.0. The second kappa shape index (κ2) is 9.27. The van der Waals surface area contributed by atoms with E-state index in [1.54, 1.807) is 25.2 Å². The van der Waals surface area contributed by atoms with Crippen molar-refractivity contribution in [1.29, 1.82) is 0 Å². The number of fused-ring (bicyclic) bond motifs is 1. The van der Waals surface area contributed by atoms with Crippen LogP contribution in [0.4, 0.5) is 0 Å². The average molecular weight is 509 g/mol. The van der Waals surface area contributed by atoms with E-state index in [2.05, 4.69) is 20.5 Å². The standard InChI is InChI=1S/C19H20N6O5S3/c1-11(33(29,30)13-6-4-3-5-7-13)8-20-14-16(26)25-15(18(27)28)12(9-31-17(14)25)10-32-19-21-22-23-24(19)2/h3-8,11,14,17H,9-10H2,1-2H3,(H,27,28)/t11?,14-,17+/m1/s1. The van der Waals surface area contributed by atoms with Crippen molar-refractivity contribution < 1.29 is 23.1 Å². The second-order valence-electron chi connectivity index (χ2n) is 7.35. The summed E-state index contributed by atoms with van der Waals surface area (Å²) in [6.45, 7) is 1.50. The number of aliphatic imine (C=N–C) groups is 1. The number of carbonyl (C=O) groups excluding carboxylic acids is 1. The number of nitrogens with zero attached hydrogens (tertiary/aromatic N) is 6. The van der Waals surface area contributed by atoms with Crippen LogP contribution in [0.5, 0.6) is 0 Å². The zero-order valence-corrected chi connectivity index (χ0v) is 20.0. The molecular formula is C19H20N6O5S3. The number of amides is 1. The van der Waals surface area contributed by atoms with Crippen LogP contribution < -0.4 is 0 Å². The number of aliphatic carboxylic acids is 1.